The molecule has 0 aliphatic heterocycles. The molecule has 0 heterocycles. The van der Waals surface area contributed by atoms with Crippen LogP contribution in [-0.4, -0.2) is 21.2 Å². The van der Waals surface area contributed by atoms with E-state index < -0.39 is 18.9 Å². The van der Waals surface area contributed by atoms with E-state index in [-0.39, 0.29) is 21.8 Å². The molecule has 4 rings (SSSR count). The molecule has 0 saturated heterocycles. The molecule has 184 valence electrons. The van der Waals surface area contributed by atoms with Gasteiger partial charge in [0.05, 0.1) is 15.7 Å². The predicted molar refractivity (Wildman–Crippen MR) is 144 cm³/mol. The topological polar surface area (TPSA) is 29.1 Å². The van der Waals surface area contributed by atoms with Crippen molar-refractivity contribution in [3.8, 4) is 0 Å². The van der Waals surface area contributed by atoms with Gasteiger partial charge < -0.3 is 0 Å². The van der Waals surface area contributed by atoms with E-state index in [1.54, 1.807) is 0 Å². The Morgan fingerprint density at radius 3 is 1.64 bits per heavy atom. The van der Waals surface area contributed by atoms with Gasteiger partial charge >= 0.3 is 0 Å². The van der Waals surface area contributed by atoms with Crippen LogP contribution in [0.3, 0.4) is 0 Å². The zero-order valence-electron chi connectivity index (χ0n) is 20.6. The van der Waals surface area contributed by atoms with Crippen LogP contribution in [0, 0.1) is 5.92 Å². The summed E-state index contributed by atoms with van der Waals surface area (Å²) in [6, 6.07) is 22.0. The van der Waals surface area contributed by atoms with Crippen LogP contribution in [0.2, 0.25) is 0 Å². The summed E-state index contributed by atoms with van der Waals surface area (Å²) in [5, 5.41) is 2.81. The molecule has 33 heavy (non-hydrogen) atoms. The summed E-state index contributed by atoms with van der Waals surface area (Å²) in [4.78, 5) is 0. The Balaban J connectivity index is 0.000000568. The largest absolute Gasteiger partial charge is 0.242 e. The third kappa shape index (κ3) is 9.58. The van der Waals surface area contributed by atoms with Gasteiger partial charge in [-0.25, -0.2) is 8.93 Å². The minimum Gasteiger partial charge on any atom is -0.242 e. The van der Waals surface area contributed by atoms with Gasteiger partial charge in [0.15, 0.2) is 0 Å². The van der Waals surface area contributed by atoms with Crippen molar-refractivity contribution in [2.75, 3.05) is 6.16 Å². The van der Waals surface area contributed by atoms with Gasteiger partial charge in [-0.1, -0.05) is 106 Å². The molecular weight excluding hydrogens is 485 g/mol. The molecule has 0 bridgehead atoms. The molecular formula is C28H42FeNOPS. The summed E-state index contributed by atoms with van der Waals surface area (Å²) in [6.07, 6.45) is 13.7. The monoisotopic (exact) mass is 527 g/mol. The molecule has 5 heteroatoms. The van der Waals surface area contributed by atoms with Gasteiger partial charge in [0.25, 0.3) is 0 Å². The number of hydrogen-bond donors (Lipinski definition) is 1. The Labute approximate surface area is 216 Å². The first kappa shape index (κ1) is 28.7. The fourth-order valence-corrected chi connectivity index (χ4v) is 8.21. The molecule has 2 unspecified atom stereocenters. The van der Waals surface area contributed by atoms with Gasteiger partial charge in [-0.2, -0.15) is 0 Å². The van der Waals surface area contributed by atoms with E-state index >= 15 is 0 Å². The maximum Gasteiger partial charge on any atom is 0.0972 e. The molecule has 2 aromatic carbocycles. The van der Waals surface area contributed by atoms with Crippen LogP contribution in [0.1, 0.15) is 78.6 Å². The summed E-state index contributed by atoms with van der Waals surface area (Å²) in [5.74, 6) is 0.633. The van der Waals surface area contributed by atoms with Crippen molar-refractivity contribution in [3.63, 3.8) is 0 Å². The van der Waals surface area contributed by atoms with E-state index in [1.165, 1.54) is 68.4 Å². The van der Waals surface area contributed by atoms with Crippen molar-refractivity contribution in [1.82, 2.24) is 4.72 Å². The number of nitrogens with one attached hydrogen (secondary N) is 1. The van der Waals surface area contributed by atoms with Crippen molar-refractivity contribution in [3.05, 3.63) is 60.7 Å². The van der Waals surface area contributed by atoms with Gasteiger partial charge in [0.2, 0.25) is 0 Å². The Hall–Kier alpha value is -0.501. The van der Waals surface area contributed by atoms with Crippen LogP contribution >= 0.6 is 7.92 Å². The van der Waals surface area contributed by atoms with E-state index in [1.807, 2.05) is 0 Å². The fourth-order valence-electron chi connectivity index (χ4n) is 4.61. The van der Waals surface area contributed by atoms with Gasteiger partial charge in [-0.15, -0.1) is 0 Å². The van der Waals surface area contributed by atoms with Crippen LogP contribution < -0.4 is 15.3 Å². The molecule has 2 aromatic rings. The second-order valence-electron chi connectivity index (χ2n) is 10.2. The zero-order chi connectivity index (χ0) is 22.8. The van der Waals surface area contributed by atoms with Gasteiger partial charge in [-0.3, -0.25) is 0 Å². The standard InChI is InChI=1S/C23H32NOPS.C5H10.Fe/c1-23(2,3)27(25)24-22(19-12-10-11-13-19)18-26(20-14-6-4-7-15-20)21-16-8-5-9-17-21;1-2-4-5-3-1;/h4-9,14-17,19,22,24H,10-13,18H2,1-3H3;1-5H2;. The van der Waals surface area contributed by atoms with Gasteiger partial charge in [0.1, 0.15) is 0 Å². The molecule has 2 saturated carbocycles. The summed E-state index contributed by atoms with van der Waals surface area (Å²) < 4.78 is 16.2. The zero-order valence-corrected chi connectivity index (χ0v) is 23.4. The Morgan fingerprint density at radius 1 is 0.818 bits per heavy atom. The molecule has 2 aliphatic carbocycles. The number of benzene rings is 2. The molecule has 0 aromatic heterocycles. The van der Waals surface area contributed by atoms with Crippen LogP contribution in [0.5, 0.6) is 0 Å². The Bertz CT molecular complexity index is 755. The van der Waals surface area contributed by atoms with Crippen molar-refractivity contribution in [2.45, 2.75) is 89.3 Å². The summed E-state index contributed by atoms with van der Waals surface area (Å²) >= 11 is 0. The van der Waals surface area contributed by atoms with E-state index in [0.717, 1.165) is 6.16 Å². The normalized spacial score (nSPS) is 18.3. The third-order valence-corrected chi connectivity index (χ3v) is 10.8. The molecule has 2 fully saturated rings. The van der Waals surface area contributed by atoms with E-state index in [2.05, 4.69) is 86.2 Å². The first-order chi connectivity index (χ1) is 15.4. The molecule has 2 aliphatic rings. The average molecular weight is 528 g/mol. The maximum absolute atomic E-state index is 12.9. The SMILES string of the molecule is C1CCCC1.CC(C)(C)S(=O)NC(CP(c1ccccc1)c1ccccc1)C1CCCC1.[Fe]. The van der Waals surface area contributed by atoms with Crippen molar-refractivity contribution in [1.29, 1.82) is 0 Å². The van der Waals surface area contributed by atoms with E-state index in [4.69, 9.17) is 0 Å². The third-order valence-electron chi connectivity index (χ3n) is 6.55. The van der Waals surface area contributed by atoms with Crippen LogP contribution in [-0.2, 0) is 28.1 Å². The number of hydrogen-bond acceptors (Lipinski definition) is 1. The summed E-state index contributed by atoms with van der Waals surface area (Å²) in [6.45, 7) is 6.16. The molecule has 0 amide bonds. The Kier molecular flexibility index (Phi) is 12.9. The van der Waals surface area contributed by atoms with E-state index in [0.29, 0.717) is 12.0 Å². The van der Waals surface area contributed by atoms with E-state index in [9.17, 15) is 4.21 Å². The molecule has 0 radical (unpaired) electrons. The minimum atomic E-state index is -1.03. The smallest absolute Gasteiger partial charge is 0.0972 e. The van der Waals surface area contributed by atoms with Gasteiger partial charge in [-0.05, 0) is 64.2 Å². The number of rotatable bonds is 7. The summed E-state index contributed by atoms with van der Waals surface area (Å²) in [7, 11) is -1.50. The van der Waals surface area contributed by atoms with Crippen LogP contribution in [0.25, 0.3) is 0 Å². The summed E-state index contributed by atoms with van der Waals surface area (Å²) in [5.41, 5.74) is 0. The second kappa shape index (κ2) is 14.8. The van der Waals surface area contributed by atoms with Crippen molar-refractivity contribution in [2.24, 2.45) is 5.92 Å². The quantitative estimate of drug-likeness (QED) is 0.316. The van der Waals surface area contributed by atoms with Crippen molar-refractivity contribution >= 4 is 29.5 Å². The minimum absolute atomic E-state index is 0. The maximum atomic E-state index is 12.9. The Morgan fingerprint density at radius 2 is 1.24 bits per heavy atom. The fraction of sp³-hybridized carbons (Fsp3) is 0.571. The predicted octanol–water partition coefficient (Wildman–Crippen LogP) is 6.68. The van der Waals surface area contributed by atoms with Crippen molar-refractivity contribution < 1.29 is 21.3 Å². The second-order valence-corrected chi connectivity index (χ2v) is 14.5. The van der Waals surface area contributed by atoms with Crippen LogP contribution in [0.15, 0.2) is 60.7 Å². The molecule has 2 nitrogen and oxygen atoms in total. The first-order valence-electron chi connectivity index (χ1n) is 12.5. The molecule has 2 atom stereocenters. The average Bonchev–Trinajstić information content (AvgIpc) is 3.54. The van der Waals surface area contributed by atoms with Gasteiger partial charge in [0, 0.05) is 23.1 Å². The molecule has 1 N–H and O–H groups in total. The molecule has 0 spiro atoms. The van der Waals surface area contributed by atoms with Crippen LogP contribution in [0.4, 0.5) is 0 Å². The first-order valence-corrected chi connectivity index (χ1v) is 15.2.